The maximum atomic E-state index is 5.36. The fourth-order valence-electron chi connectivity index (χ4n) is 2.88. The van der Waals surface area contributed by atoms with E-state index in [1.54, 1.807) is 7.11 Å². The van der Waals surface area contributed by atoms with Crippen LogP contribution in [0.4, 0.5) is 0 Å². The molecule has 0 unspecified atom stereocenters. The van der Waals surface area contributed by atoms with Crippen molar-refractivity contribution in [2.24, 2.45) is 0 Å². The standard InChI is InChI=1S/C17H14N4O/c1-3-4-14-16-7-11-9-19-20-17(11)13-8-12(22-2)5-6-15(13)21(16)10-18-14/h5-6,8-10H,7H2,1-2H3,(H,19,20). The fraction of sp³-hybridized carbons (Fsp3) is 0.176. The molecular formula is C17H14N4O. The van der Waals surface area contributed by atoms with Crippen LogP contribution in [0.1, 0.15) is 23.9 Å². The fourth-order valence-corrected chi connectivity index (χ4v) is 2.88. The van der Waals surface area contributed by atoms with Crippen molar-refractivity contribution in [3.8, 4) is 34.5 Å². The van der Waals surface area contributed by atoms with E-state index in [0.29, 0.717) is 0 Å². The Bertz CT molecular complexity index is 924. The second-order valence-electron chi connectivity index (χ2n) is 5.11. The third-order valence-corrected chi connectivity index (χ3v) is 3.92. The Labute approximate surface area is 128 Å². The summed E-state index contributed by atoms with van der Waals surface area (Å²) in [4.78, 5) is 4.46. The van der Waals surface area contributed by atoms with Gasteiger partial charge in [-0.25, -0.2) is 4.98 Å². The van der Waals surface area contributed by atoms with Crippen molar-refractivity contribution >= 4 is 0 Å². The van der Waals surface area contributed by atoms with Crippen molar-refractivity contribution in [1.82, 2.24) is 19.7 Å². The van der Waals surface area contributed by atoms with Crippen molar-refractivity contribution < 1.29 is 4.74 Å². The van der Waals surface area contributed by atoms with E-state index in [0.717, 1.165) is 46.1 Å². The molecule has 0 aliphatic carbocycles. The summed E-state index contributed by atoms with van der Waals surface area (Å²) in [5, 5.41) is 7.31. The minimum Gasteiger partial charge on any atom is -0.497 e. The van der Waals surface area contributed by atoms with Gasteiger partial charge in [0.2, 0.25) is 0 Å². The van der Waals surface area contributed by atoms with Gasteiger partial charge in [0.25, 0.3) is 0 Å². The monoisotopic (exact) mass is 290 g/mol. The average molecular weight is 290 g/mol. The number of nitrogens with one attached hydrogen (secondary N) is 1. The summed E-state index contributed by atoms with van der Waals surface area (Å²) >= 11 is 0. The van der Waals surface area contributed by atoms with E-state index in [9.17, 15) is 0 Å². The highest BCUT2D eigenvalue weighted by molar-refractivity contribution is 5.76. The van der Waals surface area contributed by atoms with Gasteiger partial charge in [-0.3, -0.25) is 5.10 Å². The summed E-state index contributed by atoms with van der Waals surface area (Å²) in [5.74, 6) is 6.83. The van der Waals surface area contributed by atoms with E-state index in [1.807, 2.05) is 37.6 Å². The number of nitrogens with zero attached hydrogens (tertiary/aromatic N) is 3. The van der Waals surface area contributed by atoms with Crippen molar-refractivity contribution in [3.63, 3.8) is 0 Å². The van der Waals surface area contributed by atoms with E-state index < -0.39 is 0 Å². The van der Waals surface area contributed by atoms with Crippen LogP contribution in [0.5, 0.6) is 5.75 Å². The molecule has 5 heteroatoms. The van der Waals surface area contributed by atoms with Crippen LogP contribution in [0.3, 0.4) is 0 Å². The number of fused-ring (bicyclic) bond motifs is 5. The van der Waals surface area contributed by atoms with Crippen LogP contribution >= 0.6 is 0 Å². The van der Waals surface area contributed by atoms with Crippen molar-refractivity contribution in [1.29, 1.82) is 0 Å². The zero-order chi connectivity index (χ0) is 15.1. The maximum Gasteiger partial charge on any atom is 0.135 e. The predicted octanol–water partition coefficient (Wildman–Crippen LogP) is 2.55. The molecule has 1 N–H and O–H groups in total. The van der Waals surface area contributed by atoms with Crippen LogP contribution in [0, 0.1) is 11.8 Å². The first-order chi connectivity index (χ1) is 10.8. The Morgan fingerprint density at radius 2 is 2.27 bits per heavy atom. The molecule has 0 amide bonds. The number of ether oxygens (including phenoxy) is 1. The van der Waals surface area contributed by atoms with E-state index in [-0.39, 0.29) is 0 Å². The first kappa shape index (κ1) is 12.7. The van der Waals surface area contributed by atoms with Gasteiger partial charge < -0.3 is 9.30 Å². The molecule has 1 aliphatic rings. The SMILES string of the molecule is CC#Cc1ncn2c1Cc1cn[nH]c1-c1cc(OC)ccc1-2. The van der Waals surface area contributed by atoms with Gasteiger partial charge in [-0.2, -0.15) is 5.10 Å². The van der Waals surface area contributed by atoms with Crippen LogP contribution in [0.25, 0.3) is 16.9 Å². The predicted molar refractivity (Wildman–Crippen MR) is 83.1 cm³/mol. The quantitative estimate of drug-likeness (QED) is 0.548. The third kappa shape index (κ3) is 1.74. The Balaban J connectivity index is 2.05. The van der Waals surface area contributed by atoms with Gasteiger partial charge in [-0.15, -0.1) is 0 Å². The molecule has 0 fully saturated rings. The number of H-pyrrole nitrogens is 1. The molecule has 4 rings (SSSR count). The smallest absolute Gasteiger partial charge is 0.135 e. The molecule has 1 aliphatic heterocycles. The Hall–Kier alpha value is -3.00. The van der Waals surface area contributed by atoms with Gasteiger partial charge in [-0.05, 0) is 31.0 Å². The molecule has 0 spiro atoms. The highest BCUT2D eigenvalue weighted by Crippen LogP contribution is 2.36. The molecule has 5 nitrogen and oxygen atoms in total. The minimum atomic E-state index is 0.743. The van der Waals surface area contributed by atoms with Gasteiger partial charge >= 0.3 is 0 Å². The van der Waals surface area contributed by atoms with Crippen LogP contribution < -0.4 is 4.74 Å². The lowest BCUT2D eigenvalue weighted by Crippen LogP contribution is -2.00. The van der Waals surface area contributed by atoms with E-state index in [2.05, 4.69) is 31.6 Å². The van der Waals surface area contributed by atoms with Crippen molar-refractivity contribution in [2.45, 2.75) is 13.3 Å². The summed E-state index contributed by atoms with van der Waals surface area (Å²) in [6.07, 6.45) is 4.44. The second kappa shape index (κ2) is 4.78. The number of aromatic amines is 1. The number of imidazole rings is 1. The molecule has 3 heterocycles. The van der Waals surface area contributed by atoms with Crippen molar-refractivity contribution in [2.75, 3.05) is 7.11 Å². The third-order valence-electron chi connectivity index (χ3n) is 3.92. The maximum absolute atomic E-state index is 5.36. The molecule has 0 bridgehead atoms. The molecule has 0 saturated heterocycles. The molecule has 0 atom stereocenters. The minimum absolute atomic E-state index is 0.743. The van der Waals surface area contributed by atoms with Gasteiger partial charge in [-0.1, -0.05) is 5.92 Å². The first-order valence-corrected chi connectivity index (χ1v) is 7.02. The molecule has 1 aromatic carbocycles. The van der Waals surface area contributed by atoms with Crippen LogP contribution in [0.2, 0.25) is 0 Å². The largest absolute Gasteiger partial charge is 0.497 e. The number of hydrogen-bond acceptors (Lipinski definition) is 3. The lowest BCUT2D eigenvalue weighted by Gasteiger charge is -2.10. The molecular weight excluding hydrogens is 276 g/mol. The summed E-state index contributed by atoms with van der Waals surface area (Å²) in [5.41, 5.74) is 6.16. The van der Waals surface area contributed by atoms with Gasteiger partial charge in [0, 0.05) is 17.5 Å². The highest BCUT2D eigenvalue weighted by Gasteiger charge is 2.23. The Morgan fingerprint density at radius 3 is 3.09 bits per heavy atom. The number of methoxy groups -OCH3 is 1. The van der Waals surface area contributed by atoms with Gasteiger partial charge in [0.1, 0.15) is 17.8 Å². The number of aromatic nitrogens is 4. The molecule has 22 heavy (non-hydrogen) atoms. The van der Waals surface area contributed by atoms with Crippen LogP contribution in [-0.4, -0.2) is 26.9 Å². The topological polar surface area (TPSA) is 55.7 Å². The van der Waals surface area contributed by atoms with Crippen molar-refractivity contribution in [3.05, 3.63) is 47.7 Å². The normalized spacial score (nSPS) is 11.5. The zero-order valence-corrected chi connectivity index (χ0v) is 12.3. The summed E-state index contributed by atoms with van der Waals surface area (Å²) in [6, 6.07) is 6.01. The number of benzene rings is 1. The first-order valence-electron chi connectivity index (χ1n) is 7.02. The van der Waals surface area contributed by atoms with E-state index in [1.165, 1.54) is 0 Å². The van der Waals surface area contributed by atoms with Gasteiger partial charge in [0.15, 0.2) is 0 Å². The van der Waals surface area contributed by atoms with E-state index >= 15 is 0 Å². The molecule has 2 aromatic heterocycles. The number of rotatable bonds is 1. The summed E-state index contributed by atoms with van der Waals surface area (Å²) in [7, 11) is 1.67. The van der Waals surface area contributed by atoms with Crippen LogP contribution in [0.15, 0.2) is 30.7 Å². The zero-order valence-electron chi connectivity index (χ0n) is 12.3. The van der Waals surface area contributed by atoms with Gasteiger partial charge in [0.05, 0.1) is 30.4 Å². The molecule has 0 saturated carbocycles. The Kier molecular flexibility index (Phi) is 2.76. The molecule has 0 radical (unpaired) electrons. The molecule has 108 valence electrons. The number of hydrogen-bond donors (Lipinski definition) is 1. The lowest BCUT2D eigenvalue weighted by atomic mass is 10.0. The highest BCUT2D eigenvalue weighted by atomic mass is 16.5. The summed E-state index contributed by atoms with van der Waals surface area (Å²) in [6.45, 7) is 1.82. The second-order valence-corrected chi connectivity index (χ2v) is 5.11. The van der Waals surface area contributed by atoms with E-state index in [4.69, 9.17) is 4.74 Å². The lowest BCUT2D eigenvalue weighted by molar-refractivity contribution is 0.415. The summed E-state index contributed by atoms with van der Waals surface area (Å²) < 4.78 is 7.46. The van der Waals surface area contributed by atoms with Crippen LogP contribution in [-0.2, 0) is 6.42 Å². The molecule has 3 aromatic rings. The Morgan fingerprint density at radius 1 is 1.36 bits per heavy atom. The average Bonchev–Trinajstić information content (AvgIpc) is 3.13.